The summed E-state index contributed by atoms with van der Waals surface area (Å²) in [6, 6.07) is 5.17. The van der Waals surface area contributed by atoms with Gasteiger partial charge < -0.3 is 21.3 Å². The number of aromatic amines is 1. The van der Waals surface area contributed by atoms with Crippen molar-refractivity contribution in [3.63, 3.8) is 0 Å². The van der Waals surface area contributed by atoms with E-state index in [1.54, 1.807) is 36.8 Å². The second-order valence-corrected chi connectivity index (χ2v) is 6.34. The van der Waals surface area contributed by atoms with E-state index in [-0.39, 0.29) is 11.7 Å². The quantitative estimate of drug-likeness (QED) is 0.390. The molecule has 4 aromatic rings. The summed E-state index contributed by atoms with van der Waals surface area (Å²) in [6.07, 6.45) is 5.89. The molecule has 4 rings (SSSR count). The van der Waals surface area contributed by atoms with Gasteiger partial charge in [0.05, 0.1) is 22.8 Å². The summed E-state index contributed by atoms with van der Waals surface area (Å²) >= 11 is 0. The number of nitrogens with two attached hydrogens (primary N) is 2. The number of carbonyl (C=O) groups excluding carboxylic acids is 1. The largest absolute Gasteiger partial charge is 0.398 e. The molecule has 0 fully saturated rings. The maximum atomic E-state index is 12.4. The third kappa shape index (κ3) is 2.92. The summed E-state index contributed by atoms with van der Waals surface area (Å²) in [7, 11) is 0. The highest BCUT2D eigenvalue weighted by atomic mass is 16.5. The molecule has 0 unspecified atom stereocenters. The lowest BCUT2D eigenvalue weighted by Gasteiger charge is -2.10. The number of amides is 1. The van der Waals surface area contributed by atoms with E-state index in [9.17, 15) is 4.79 Å². The van der Waals surface area contributed by atoms with Crippen molar-refractivity contribution in [2.24, 2.45) is 0 Å². The minimum absolute atomic E-state index is 0.219. The van der Waals surface area contributed by atoms with Crippen molar-refractivity contribution < 1.29 is 9.32 Å². The van der Waals surface area contributed by atoms with Crippen LogP contribution in [0.4, 0.5) is 11.5 Å². The fraction of sp³-hybridized carbons (Fsp3) is 0.158. The number of rotatable bonds is 5. The third-order valence-electron chi connectivity index (χ3n) is 4.44. The van der Waals surface area contributed by atoms with Crippen LogP contribution in [0.2, 0.25) is 0 Å². The predicted molar refractivity (Wildman–Crippen MR) is 106 cm³/mol. The van der Waals surface area contributed by atoms with Crippen LogP contribution in [-0.4, -0.2) is 32.8 Å². The van der Waals surface area contributed by atoms with Crippen LogP contribution in [0, 0.1) is 0 Å². The number of hydrogen-bond donors (Lipinski definition) is 4. The van der Waals surface area contributed by atoms with Crippen LogP contribution in [0.3, 0.4) is 0 Å². The highest BCUT2D eigenvalue weighted by molar-refractivity contribution is 6.06. The van der Waals surface area contributed by atoms with Gasteiger partial charge in [-0.25, -0.2) is 0 Å². The monoisotopic (exact) mass is 377 g/mol. The maximum Gasteiger partial charge on any atom is 0.253 e. The van der Waals surface area contributed by atoms with Gasteiger partial charge in [-0.05, 0) is 18.6 Å². The molecule has 142 valence electrons. The van der Waals surface area contributed by atoms with Crippen molar-refractivity contribution in [2.45, 2.75) is 13.3 Å². The van der Waals surface area contributed by atoms with Gasteiger partial charge in [-0.3, -0.25) is 14.9 Å². The smallest absolute Gasteiger partial charge is 0.253 e. The molecule has 0 saturated heterocycles. The average molecular weight is 377 g/mol. The highest BCUT2D eigenvalue weighted by Crippen LogP contribution is 2.37. The van der Waals surface area contributed by atoms with E-state index in [1.165, 1.54) is 0 Å². The Labute approximate surface area is 160 Å². The van der Waals surface area contributed by atoms with E-state index in [1.807, 2.05) is 6.92 Å². The van der Waals surface area contributed by atoms with Crippen LogP contribution in [0.5, 0.6) is 0 Å². The lowest BCUT2D eigenvalue weighted by Crippen LogP contribution is -2.24. The first-order chi connectivity index (χ1) is 13.6. The number of hydrogen-bond acceptors (Lipinski definition) is 7. The summed E-state index contributed by atoms with van der Waals surface area (Å²) < 4.78 is 5.46. The molecule has 6 N–H and O–H groups in total. The van der Waals surface area contributed by atoms with E-state index < -0.39 is 0 Å². The molecule has 0 aliphatic heterocycles. The Kier molecular flexibility index (Phi) is 4.40. The third-order valence-corrected chi connectivity index (χ3v) is 4.44. The minimum atomic E-state index is -0.231. The fourth-order valence-corrected chi connectivity index (χ4v) is 3.02. The van der Waals surface area contributed by atoms with Crippen molar-refractivity contribution in [3.8, 4) is 22.4 Å². The van der Waals surface area contributed by atoms with Crippen molar-refractivity contribution in [2.75, 3.05) is 18.0 Å². The van der Waals surface area contributed by atoms with Crippen molar-refractivity contribution in [3.05, 3.63) is 42.4 Å². The minimum Gasteiger partial charge on any atom is -0.398 e. The Balaban J connectivity index is 1.85. The van der Waals surface area contributed by atoms with Gasteiger partial charge in [-0.1, -0.05) is 18.1 Å². The van der Waals surface area contributed by atoms with Crippen LogP contribution in [0.15, 0.2) is 41.3 Å². The summed E-state index contributed by atoms with van der Waals surface area (Å²) in [5.74, 6) is -0.0117. The second kappa shape index (κ2) is 7.03. The van der Waals surface area contributed by atoms with Gasteiger partial charge in [0.25, 0.3) is 5.91 Å². The molecule has 0 saturated carbocycles. The highest BCUT2D eigenvalue weighted by Gasteiger charge is 2.20. The zero-order valence-electron chi connectivity index (χ0n) is 15.2. The SMILES string of the molecule is CCCNC(=O)c1cc(-c2ncc(-c3cn[nH]c3)c3onc(N)c23)ccc1N. The number of aromatic nitrogens is 4. The first-order valence-electron chi connectivity index (χ1n) is 8.81. The fourth-order valence-electron chi connectivity index (χ4n) is 3.02. The molecule has 0 bridgehead atoms. The van der Waals surface area contributed by atoms with Crippen LogP contribution in [-0.2, 0) is 0 Å². The number of anilines is 2. The average Bonchev–Trinajstić information content (AvgIpc) is 3.37. The predicted octanol–water partition coefficient (Wildman–Crippen LogP) is 2.58. The van der Waals surface area contributed by atoms with Gasteiger partial charge in [0.15, 0.2) is 11.4 Å². The molecule has 1 aromatic carbocycles. The van der Waals surface area contributed by atoms with E-state index >= 15 is 0 Å². The molecule has 0 aliphatic rings. The molecule has 0 atom stereocenters. The Hall–Kier alpha value is -3.88. The van der Waals surface area contributed by atoms with Crippen molar-refractivity contribution in [1.29, 1.82) is 0 Å². The van der Waals surface area contributed by atoms with Crippen LogP contribution in [0.25, 0.3) is 33.4 Å². The van der Waals surface area contributed by atoms with Gasteiger partial charge in [-0.15, -0.1) is 0 Å². The van der Waals surface area contributed by atoms with E-state index in [0.717, 1.165) is 12.0 Å². The normalized spacial score (nSPS) is 11.0. The van der Waals surface area contributed by atoms with Gasteiger partial charge in [-0.2, -0.15) is 5.10 Å². The number of carbonyl (C=O) groups is 1. The molecule has 0 aliphatic carbocycles. The number of nitrogens with one attached hydrogen (secondary N) is 2. The Morgan fingerprint density at radius 3 is 2.86 bits per heavy atom. The number of nitrogens with zero attached hydrogens (tertiary/aromatic N) is 3. The summed E-state index contributed by atoms with van der Waals surface area (Å²) in [5.41, 5.74) is 16.1. The lowest BCUT2D eigenvalue weighted by molar-refractivity contribution is 0.0954. The Morgan fingerprint density at radius 1 is 1.25 bits per heavy atom. The molecule has 3 heterocycles. The molecule has 0 radical (unpaired) electrons. The van der Waals surface area contributed by atoms with E-state index in [2.05, 4.69) is 25.7 Å². The Morgan fingerprint density at radius 2 is 2.11 bits per heavy atom. The summed E-state index contributed by atoms with van der Waals surface area (Å²) in [6.45, 7) is 2.56. The lowest BCUT2D eigenvalue weighted by atomic mass is 10.0. The molecule has 1 amide bonds. The molecule has 0 spiro atoms. The second-order valence-electron chi connectivity index (χ2n) is 6.34. The number of nitrogen functional groups attached to an aromatic ring is 2. The van der Waals surface area contributed by atoms with Gasteiger partial charge >= 0.3 is 0 Å². The molecular weight excluding hydrogens is 358 g/mol. The maximum absolute atomic E-state index is 12.4. The van der Waals surface area contributed by atoms with Crippen LogP contribution >= 0.6 is 0 Å². The molecule has 9 heteroatoms. The first-order valence-corrected chi connectivity index (χ1v) is 8.81. The van der Waals surface area contributed by atoms with E-state index in [0.29, 0.717) is 45.6 Å². The summed E-state index contributed by atoms with van der Waals surface area (Å²) in [4.78, 5) is 17.0. The van der Waals surface area contributed by atoms with Crippen LogP contribution in [0.1, 0.15) is 23.7 Å². The van der Waals surface area contributed by atoms with Gasteiger partial charge in [0.2, 0.25) is 0 Å². The standard InChI is InChI=1S/C19H19N7O2/c1-2-5-22-19(27)12-6-10(3-4-14(12)20)16-15-17(28-26-18(15)21)13(9-23-16)11-7-24-25-8-11/h3-4,6-9H,2,5,20H2,1H3,(H2,21,26)(H,22,27)(H,24,25). The van der Waals surface area contributed by atoms with Gasteiger partial charge in [0, 0.05) is 41.3 Å². The zero-order chi connectivity index (χ0) is 19.7. The molecular formula is C19H19N7O2. The first kappa shape index (κ1) is 17.5. The topological polar surface area (TPSA) is 149 Å². The van der Waals surface area contributed by atoms with Crippen molar-refractivity contribution >= 4 is 28.4 Å². The van der Waals surface area contributed by atoms with Crippen molar-refractivity contribution in [1.82, 2.24) is 25.7 Å². The number of fused-ring (bicyclic) bond motifs is 1. The molecule has 9 nitrogen and oxygen atoms in total. The molecule has 28 heavy (non-hydrogen) atoms. The van der Waals surface area contributed by atoms with Gasteiger partial charge in [0.1, 0.15) is 0 Å². The zero-order valence-corrected chi connectivity index (χ0v) is 15.2. The molecule has 3 aromatic heterocycles. The number of benzene rings is 1. The van der Waals surface area contributed by atoms with E-state index in [4.69, 9.17) is 16.0 Å². The van der Waals surface area contributed by atoms with Crippen LogP contribution < -0.4 is 16.8 Å². The summed E-state index contributed by atoms with van der Waals surface area (Å²) in [5, 5.41) is 14.0. The number of pyridine rings is 1. The Bertz CT molecular complexity index is 1150. The number of H-pyrrole nitrogens is 1.